The number of anilines is 1. The van der Waals surface area contributed by atoms with E-state index >= 15 is 0 Å². The number of aryl methyl sites for hydroxylation is 1. The molecule has 0 fully saturated rings. The van der Waals surface area contributed by atoms with Gasteiger partial charge in [0.15, 0.2) is 21.4 Å². The highest BCUT2D eigenvalue weighted by Gasteiger charge is 2.33. The number of benzene rings is 1. The number of ether oxygens (including phenoxy) is 1. The first-order valence-corrected chi connectivity index (χ1v) is 14.2. The number of nitrogens with zero attached hydrogens (tertiary/aromatic N) is 4. The molecule has 2 amide bonds. The third-order valence-electron chi connectivity index (χ3n) is 5.95. The number of hydrogen-bond donors (Lipinski definition) is 1. The molecule has 0 aliphatic rings. The van der Waals surface area contributed by atoms with Crippen molar-refractivity contribution in [1.82, 2.24) is 15.1 Å². The van der Waals surface area contributed by atoms with Crippen molar-refractivity contribution in [3.63, 3.8) is 0 Å². The zero-order chi connectivity index (χ0) is 30.1. The largest absolute Gasteiger partial charge is 0.464 e. The molecule has 0 radical (unpaired) electrons. The molecular weight excluding hydrogens is 548 g/mol. The predicted octanol–water partition coefficient (Wildman–Crippen LogP) is 6.38. The predicted molar refractivity (Wildman–Crippen MR) is 152 cm³/mol. The van der Waals surface area contributed by atoms with Gasteiger partial charge in [0.05, 0.1) is 21.4 Å². The number of pyridine rings is 2. The van der Waals surface area contributed by atoms with E-state index in [0.717, 1.165) is 11.1 Å². The lowest BCUT2D eigenvalue weighted by Crippen LogP contribution is -2.41. The van der Waals surface area contributed by atoms with Gasteiger partial charge in [0.25, 0.3) is 0 Å². The van der Waals surface area contributed by atoms with Gasteiger partial charge in [0.2, 0.25) is 0 Å². The summed E-state index contributed by atoms with van der Waals surface area (Å²) in [6.07, 6.45) is -0.173. The minimum atomic E-state index is -3.53. The Bertz CT molecular complexity index is 1690. The first-order chi connectivity index (χ1) is 19.2. The Morgan fingerprint density at radius 2 is 1.63 bits per heavy atom. The van der Waals surface area contributed by atoms with Gasteiger partial charge in [-0.25, -0.2) is 23.0 Å². The number of amides is 2. The summed E-state index contributed by atoms with van der Waals surface area (Å²) in [6.45, 7) is 9.96. The molecule has 1 aromatic carbocycles. The van der Waals surface area contributed by atoms with Crippen molar-refractivity contribution in [3.8, 4) is 33.8 Å². The number of aromatic nitrogens is 3. The van der Waals surface area contributed by atoms with Crippen LogP contribution in [0.25, 0.3) is 33.8 Å². The number of carbonyl (C=O) groups is 2. The Morgan fingerprint density at radius 3 is 2.20 bits per heavy atom. The highest BCUT2D eigenvalue weighted by atomic mass is 32.2. The second-order valence-electron chi connectivity index (χ2n) is 10.6. The molecule has 0 unspecified atom stereocenters. The SMILES string of the molecule is Cc1ccc(-c2cc(-c3cc(-c4ccc(S(=O)(=O)C(C)C)cn4)cnc3N(C(=O)O)C(=O)OC(C)(C)C)on2)cc1. The van der Waals surface area contributed by atoms with Crippen LogP contribution in [0.2, 0.25) is 0 Å². The lowest BCUT2D eigenvalue weighted by Gasteiger charge is -2.24. The average Bonchev–Trinajstić information content (AvgIpc) is 3.38. The second-order valence-corrected chi connectivity index (χ2v) is 13.1. The summed E-state index contributed by atoms with van der Waals surface area (Å²) < 4.78 is 36.0. The summed E-state index contributed by atoms with van der Waals surface area (Å²) in [5.41, 5.74) is 2.25. The molecule has 3 aromatic heterocycles. The van der Waals surface area contributed by atoms with Gasteiger partial charge in [-0.1, -0.05) is 35.0 Å². The molecule has 12 heteroatoms. The fraction of sp³-hybridized carbons (Fsp3) is 0.276. The van der Waals surface area contributed by atoms with Crippen LogP contribution in [-0.4, -0.2) is 51.7 Å². The zero-order valence-corrected chi connectivity index (χ0v) is 24.3. The molecule has 0 aliphatic carbocycles. The summed E-state index contributed by atoms with van der Waals surface area (Å²) in [4.78, 5) is 34.3. The maximum atomic E-state index is 13.0. The van der Waals surface area contributed by atoms with Gasteiger partial charge in [-0.2, -0.15) is 4.90 Å². The van der Waals surface area contributed by atoms with E-state index in [9.17, 15) is 23.1 Å². The molecular formula is C29H30N4O7S. The molecule has 214 valence electrons. The van der Waals surface area contributed by atoms with Crippen molar-refractivity contribution in [3.05, 3.63) is 66.5 Å². The minimum absolute atomic E-state index is 0.0704. The highest BCUT2D eigenvalue weighted by Crippen LogP contribution is 2.36. The van der Waals surface area contributed by atoms with E-state index in [-0.39, 0.29) is 22.0 Å². The van der Waals surface area contributed by atoms with E-state index in [1.807, 2.05) is 31.2 Å². The summed E-state index contributed by atoms with van der Waals surface area (Å²) in [6, 6.07) is 13.7. The molecule has 11 nitrogen and oxygen atoms in total. The van der Waals surface area contributed by atoms with Crippen LogP contribution in [0.1, 0.15) is 40.2 Å². The molecule has 4 aromatic rings. The van der Waals surface area contributed by atoms with E-state index in [0.29, 0.717) is 21.9 Å². The van der Waals surface area contributed by atoms with Crippen LogP contribution in [0.15, 0.2) is 70.3 Å². The second kappa shape index (κ2) is 11.1. The van der Waals surface area contributed by atoms with E-state index in [2.05, 4.69) is 15.1 Å². The van der Waals surface area contributed by atoms with Crippen molar-refractivity contribution < 1.29 is 32.4 Å². The topological polar surface area (TPSA) is 153 Å². The third-order valence-corrected chi connectivity index (χ3v) is 8.09. The third kappa shape index (κ3) is 6.43. The molecule has 0 aliphatic heterocycles. The van der Waals surface area contributed by atoms with Crippen LogP contribution in [0.5, 0.6) is 0 Å². The first kappa shape index (κ1) is 29.4. The Balaban J connectivity index is 1.85. The molecule has 41 heavy (non-hydrogen) atoms. The molecule has 0 bridgehead atoms. The Morgan fingerprint density at radius 1 is 0.951 bits per heavy atom. The number of imide groups is 1. The molecule has 0 atom stereocenters. The molecule has 1 N–H and O–H groups in total. The number of rotatable bonds is 6. The van der Waals surface area contributed by atoms with Crippen LogP contribution in [0, 0.1) is 6.92 Å². The van der Waals surface area contributed by atoms with Gasteiger partial charge in [0.1, 0.15) is 11.3 Å². The smallest absolute Gasteiger partial charge is 0.425 e. The van der Waals surface area contributed by atoms with Crippen LogP contribution < -0.4 is 4.90 Å². The first-order valence-electron chi connectivity index (χ1n) is 12.7. The standard InChI is InChI=1S/C29H30N4O7S/c1-17(2)41(37,38)21-11-12-23(30-16-21)20-13-22(25-14-24(32-40-25)19-9-7-18(3)8-10-19)26(31-15-20)33(27(34)35)28(36)39-29(4,5)6/h7-17H,1-6H3,(H,34,35). The number of carbonyl (C=O) groups excluding carboxylic acids is 1. The Labute approximate surface area is 237 Å². The van der Waals surface area contributed by atoms with Gasteiger partial charge < -0.3 is 14.4 Å². The summed E-state index contributed by atoms with van der Waals surface area (Å²) in [5.74, 6) is -0.125. The molecule has 0 saturated heterocycles. The van der Waals surface area contributed by atoms with E-state index in [1.54, 1.807) is 46.8 Å². The molecule has 3 heterocycles. The summed E-state index contributed by atoms with van der Waals surface area (Å²) >= 11 is 0. The Hall–Kier alpha value is -4.58. The zero-order valence-electron chi connectivity index (χ0n) is 23.4. The number of sulfone groups is 1. The molecule has 4 rings (SSSR count). The maximum Gasteiger partial charge on any atom is 0.425 e. The lowest BCUT2D eigenvalue weighted by atomic mass is 10.1. The normalized spacial score (nSPS) is 11.9. The van der Waals surface area contributed by atoms with Gasteiger partial charge in [-0.3, -0.25) is 4.98 Å². The minimum Gasteiger partial charge on any atom is -0.464 e. The fourth-order valence-electron chi connectivity index (χ4n) is 3.77. The van der Waals surface area contributed by atoms with Crippen LogP contribution in [0.3, 0.4) is 0 Å². The van der Waals surface area contributed by atoms with Crippen molar-refractivity contribution in [2.75, 3.05) is 4.90 Å². The Kier molecular flexibility index (Phi) is 7.98. The van der Waals surface area contributed by atoms with Gasteiger partial charge >= 0.3 is 12.2 Å². The van der Waals surface area contributed by atoms with Crippen molar-refractivity contribution in [2.45, 2.75) is 57.3 Å². The van der Waals surface area contributed by atoms with Gasteiger partial charge in [-0.05, 0) is 59.7 Å². The van der Waals surface area contributed by atoms with Crippen molar-refractivity contribution >= 4 is 27.8 Å². The van der Waals surface area contributed by atoms with E-state index < -0.39 is 32.9 Å². The summed E-state index contributed by atoms with van der Waals surface area (Å²) in [5, 5.41) is 13.5. The van der Waals surface area contributed by atoms with Crippen LogP contribution in [-0.2, 0) is 14.6 Å². The van der Waals surface area contributed by atoms with Gasteiger partial charge in [-0.15, -0.1) is 0 Å². The highest BCUT2D eigenvalue weighted by molar-refractivity contribution is 7.92. The van der Waals surface area contributed by atoms with Crippen molar-refractivity contribution in [1.29, 1.82) is 0 Å². The quantitative estimate of drug-likeness (QED) is 0.273. The fourth-order valence-corrected chi connectivity index (χ4v) is 4.78. The van der Waals surface area contributed by atoms with Crippen LogP contribution >= 0.6 is 0 Å². The summed E-state index contributed by atoms with van der Waals surface area (Å²) in [7, 11) is -3.53. The lowest BCUT2D eigenvalue weighted by molar-refractivity contribution is 0.0581. The van der Waals surface area contributed by atoms with Crippen molar-refractivity contribution in [2.24, 2.45) is 0 Å². The van der Waals surface area contributed by atoms with Gasteiger partial charge in [0, 0.05) is 29.6 Å². The maximum absolute atomic E-state index is 13.0. The van der Waals surface area contributed by atoms with E-state index in [4.69, 9.17) is 9.26 Å². The average molecular weight is 579 g/mol. The van der Waals surface area contributed by atoms with E-state index in [1.165, 1.54) is 24.5 Å². The molecule has 0 spiro atoms. The van der Waals surface area contributed by atoms with Crippen LogP contribution in [0.4, 0.5) is 15.4 Å². The number of hydrogen-bond acceptors (Lipinski definition) is 9. The number of carboxylic acid groups (broad SMARTS) is 1. The monoisotopic (exact) mass is 578 g/mol. The molecule has 0 saturated carbocycles.